The summed E-state index contributed by atoms with van der Waals surface area (Å²) in [6.07, 6.45) is 3.07. The lowest BCUT2D eigenvalue weighted by molar-refractivity contribution is -0.113. The number of halogens is 1. The van der Waals surface area contributed by atoms with E-state index in [0.717, 1.165) is 15.6 Å². The Bertz CT molecular complexity index is 358. The van der Waals surface area contributed by atoms with Crippen molar-refractivity contribution in [2.75, 3.05) is 0 Å². The summed E-state index contributed by atoms with van der Waals surface area (Å²) in [6, 6.07) is 5.87. The molecule has 68 valence electrons. The largest absolute Gasteiger partial charge is 0.366 e. The number of carbonyl (C=O) groups excluding carboxylic acids is 1. The van der Waals surface area contributed by atoms with Gasteiger partial charge in [-0.05, 0) is 36.3 Å². The molecule has 0 atom stereocenters. The predicted octanol–water partition coefficient (Wildman–Crippen LogP) is 2.26. The fourth-order valence-corrected chi connectivity index (χ4v) is 1.34. The first-order valence-corrected chi connectivity index (χ1v) is 4.62. The zero-order chi connectivity index (χ0) is 9.84. The number of hydrogen-bond acceptors (Lipinski definition) is 1. The molecule has 1 amide bonds. The number of benzene rings is 1. The molecule has 0 heterocycles. The maximum Gasteiger partial charge on any atom is 0.241 e. The summed E-state index contributed by atoms with van der Waals surface area (Å²) in [7, 11) is 0. The molecular weight excluding hydrogens is 230 g/mol. The Labute approximate surface area is 85.6 Å². The van der Waals surface area contributed by atoms with Crippen molar-refractivity contribution in [2.45, 2.75) is 6.92 Å². The molecule has 0 fully saturated rings. The van der Waals surface area contributed by atoms with Crippen LogP contribution in [0.3, 0.4) is 0 Å². The van der Waals surface area contributed by atoms with E-state index in [1.165, 1.54) is 6.08 Å². The summed E-state index contributed by atoms with van der Waals surface area (Å²) in [6.45, 7) is 1.98. The zero-order valence-corrected chi connectivity index (χ0v) is 8.84. The van der Waals surface area contributed by atoms with Gasteiger partial charge in [0.05, 0.1) is 0 Å². The van der Waals surface area contributed by atoms with E-state index < -0.39 is 5.91 Å². The highest BCUT2D eigenvalue weighted by Crippen LogP contribution is 2.16. The highest BCUT2D eigenvalue weighted by atomic mass is 79.9. The summed E-state index contributed by atoms with van der Waals surface area (Å²) >= 11 is 3.35. The highest BCUT2D eigenvalue weighted by Gasteiger charge is 1.95. The van der Waals surface area contributed by atoms with Crippen molar-refractivity contribution in [2.24, 2.45) is 5.73 Å². The topological polar surface area (TPSA) is 43.1 Å². The molecule has 0 saturated heterocycles. The Kier molecular flexibility index (Phi) is 3.25. The van der Waals surface area contributed by atoms with Gasteiger partial charge in [-0.15, -0.1) is 0 Å². The van der Waals surface area contributed by atoms with Crippen LogP contribution in [-0.2, 0) is 4.79 Å². The van der Waals surface area contributed by atoms with Gasteiger partial charge >= 0.3 is 0 Å². The molecule has 1 rings (SSSR count). The minimum absolute atomic E-state index is 0.431. The summed E-state index contributed by atoms with van der Waals surface area (Å²) in [5.74, 6) is -0.431. The molecule has 0 saturated carbocycles. The van der Waals surface area contributed by atoms with E-state index in [-0.39, 0.29) is 0 Å². The van der Waals surface area contributed by atoms with Gasteiger partial charge in [0.15, 0.2) is 0 Å². The molecule has 0 aromatic heterocycles. The van der Waals surface area contributed by atoms with E-state index in [1.54, 1.807) is 6.08 Å². The van der Waals surface area contributed by atoms with Gasteiger partial charge in [0.2, 0.25) is 5.91 Å². The van der Waals surface area contributed by atoms with Crippen molar-refractivity contribution >= 4 is 27.9 Å². The number of carbonyl (C=O) groups is 1. The summed E-state index contributed by atoms with van der Waals surface area (Å²) in [5.41, 5.74) is 7.10. The number of nitrogens with two attached hydrogens (primary N) is 1. The first kappa shape index (κ1) is 9.99. The van der Waals surface area contributed by atoms with Gasteiger partial charge in [-0.1, -0.05) is 22.0 Å². The van der Waals surface area contributed by atoms with E-state index in [2.05, 4.69) is 15.9 Å². The van der Waals surface area contributed by atoms with Crippen LogP contribution in [0.25, 0.3) is 6.08 Å². The molecule has 13 heavy (non-hydrogen) atoms. The number of aryl methyl sites for hydroxylation is 1. The van der Waals surface area contributed by atoms with Gasteiger partial charge in [0.1, 0.15) is 0 Å². The zero-order valence-electron chi connectivity index (χ0n) is 7.25. The van der Waals surface area contributed by atoms with Crippen LogP contribution in [0.2, 0.25) is 0 Å². The average molecular weight is 240 g/mol. The van der Waals surface area contributed by atoms with E-state index in [9.17, 15) is 4.79 Å². The molecule has 0 aliphatic heterocycles. The van der Waals surface area contributed by atoms with Crippen molar-refractivity contribution in [3.8, 4) is 0 Å². The molecule has 0 aliphatic rings. The lowest BCUT2D eigenvalue weighted by Crippen LogP contribution is -2.05. The molecule has 0 aliphatic carbocycles. The van der Waals surface area contributed by atoms with E-state index in [4.69, 9.17) is 5.73 Å². The maximum absolute atomic E-state index is 10.5. The number of hydrogen-bond donors (Lipinski definition) is 1. The summed E-state index contributed by atoms with van der Waals surface area (Å²) < 4.78 is 0.988. The molecule has 0 bridgehead atoms. The Hall–Kier alpha value is -1.09. The Morgan fingerprint density at radius 1 is 1.54 bits per heavy atom. The molecule has 0 spiro atoms. The Balaban J connectivity index is 3.00. The molecule has 0 unspecified atom stereocenters. The second-order valence-corrected chi connectivity index (χ2v) is 3.65. The minimum atomic E-state index is -0.431. The van der Waals surface area contributed by atoms with Gasteiger partial charge in [0, 0.05) is 10.5 Å². The van der Waals surface area contributed by atoms with E-state index in [1.807, 2.05) is 25.1 Å². The normalized spacial score (nSPS) is 10.6. The summed E-state index contributed by atoms with van der Waals surface area (Å²) in [5, 5.41) is 0. The first-order valence-electron chi connectivity index (χ1n) is 3.83. The van der Waals surface area contributed by atoms with E-state index in [0.29, 0.717) is 0 Å². The van der Waals surface area contributed by atoms with Gasteiger partial charge in [-0.25, -0.2) is 0 Å². The lowest BCUT2D eigenvalue weighted by atomic mass is 10.1. The van der Waals surface area contributed by atoms with Crippen LogP contribution in [-0.4, -0.2) is 5.91 Å². The van der Waals surface area contributed by atoms with Crippen LogP contribution in [0.5, 0.6) is 0 Å². The number of amides is 1. The van der Waals surface area contributed by atoms with Crippen LogP contribution in [0, 0.1) is 6.92 Å². The monoisotopic (exact) mass is 239 g/mol. The quantitative estimate of drug-likeness (QED) is 0.791. The van der Waals surface area contributed by atoms with Crippen molar-refractivity contribution < 1.29 is 4.79 Å². The molecule has 3 heteroatoms. The molecule has 0 radical (unpaired) electrons. The van der Waals surface area contributed by atoms with Crippen LogP contribution < -0.4 is 5.73 Å². The average Bonchev–Trinajstić information content (AvgIpc) is 2.06. The molecular formula is C10H10BrNO. The second kappa shape index (κ2) is 4.23. The third-order valence-electron chi connectivity index (χ3n) is 1.67. The van der Waals surface area contributed by atoms with Gasteiger partial charge in [0.25, 0.3) is 0 Å². The first-order chi connectivity index (χ1) is 6.09. The van der Waals surface area contributed by atoms with Crippen LogP contribution in [0.15, 0.2) is 28.7 Å². The predicted molar refractivity (Wildman–Crippen MR) is 57.1 cm³/mol. The fraction of sp³-hybridized carbons (Fsp3) is 0.100. The van der Waals surface area contributed by atoms with Crippen LogP contribution >= 0.6 is 15.9 Å². The summed E-state index contributed by atoms with van der Waals surface area (Å²) in [4.78, 5) is 10.5. The fourth-order valence-electron chi connectivity index (χ4n) is 0.963. The SMILES string of the molecule is Cc1ccc(Br)cc1/C=C/C(N)=O. The van der Waals surface area contributed by atoms with Gasteiger partial charge < -0.3 is 5.73 Å². The molecule has 2 nitrogen and oxygen atoms in total. The van der Waals surface area contributed by atoms with Crippen molar-refractivity contribution in [3.63, 3.8) is 0 Å². The Morgan fingerprint density at radius 2 is 2.23 bits per heavy atom. The van der Waals surface area contributed by atoms with Crippen molar-refractivity contribution in [3.05, 3.63) is 39.9 Å². The van der Waals surface area contributed by atoms with Crippen molar-refractivity contribution in [1.82, 2.24) is 0 Å². The second-order valence-electron chi connectivity index (χ2n) is 2.74. The minimum Gasteiger partial charge on any atom is -0.366 e. The Morgan fingerprint density at radius 3 is 2.85 bits per heavy atom. The maximum atomic E-state index is 10.5. The van der Waals surface area contributed by atoms with Gasteiger partial charge in [-0.3, -0.25) is 4.79 Å². The van der Waals surface area contributed by atoms with E-state index >= 15 is 0 Å². The van der Waals surface area contributed by atoms with Crippen LogP contribution in [0.4, 0.5) is 0 Å². The molecule has 2 N–H and O–H groups in total. The third-order valence-corrected chi connectivity index (χ3v) is 2.16. The van der Waals surface area contributed by atoms with Gasteiger partial charge in [-0.2, -0.15) is 0 Å². The number of primary amides is 1. The standard InChI is InChI=1S/C10H10BrNO/c1-7-2-4-9(11)6-8(7)3-5-10(12)13/h2-6H,1H3,(H2,12,13)/b5-3+. The van der Waals surface area contributed by atoms with Crippen molar-refractivity contribution in [1.29, 1.82) is 0 Å². The highest BCUT2D eigenvalue weighted by molar-refractivity contribution is 9.10. The molecule has 1 aromatic rings. The third kappa shape index (κ3) is 3.03. The smallest absolute Gasteiger partial charge is 0.241 e. The molecule has 1 aromatic carbocycles. The number of rotatable bonds is 2. The van der Waals surface area contributed by atoms with Crippen LogP contribution in [0.1, 0.15) is 11.1 Å². The lowest BCUT2D eigenvalue weighted by Gasteiger charge is -1.99.